The number of rotatable bonds is 2. The second kappa shape index (κ2) is 12.4. The van der Waals surface area contributed by atoms with E-state index in [2.05, 4.69) is 23.1 Å². The predicted octanol–water partition coefficient (Wildman–Crippen LogP) is 7.56. The van der Waals surface area contributed by atoms with Crippen LogP contribution < -0.4 is 14.4 Å². The quantitative estimate of drug-likeness (QED) is 0.188. The normalized spacial score (nSPS) is 14.8. The van der Waals surface area contributed by atoms with Gasteiger partial charge in [-0.25, -0.2) is 9.50 Å². The van der Waals surface area contributed by atoms with E-state index in [1.807, 2.05) is 60.0 Å². The van der Waals surface area contributed by atoms with Crippen molar-refractivity contribution in [2.45, 2.75) is 39.0 Å². The van der Waals surface area contributed by atoms with E-state index in [-0.39, 0.29) is 12.4 Å². The first-order valence-electron chi connectivity index (χ1n) is 15.5. The number of halogens is 1. The molecule has 0 atom stereocenters. The first-order chi connectivity index (χ1) is 22.0. The molecule has 3 aromatic carbocycles. The molecule has 2 aromatic heterocycles. The Morgan fingerprint density at radius 2 is 1.71 bits per heavy atom. The first-order valence-corrected chi connectivity index (χ1v) is 15.9. The molecule has 0 unspecified atom stereocenters. The minimum Gasteiger partial charge on any atom is -0.493 e. The molecule has 8 nitrogen and oxygen atoms in total. The molecule has 0 N–H and O–H groups in total. The van der Waals surface area contributed by atoms with Crippen molar-refractivity contribution < 1.29 is 19.0 Å². The van der Waals surface area contributed by atoms with Gasteiger partial charge in [0.2, 0.25) is 0 Å². The van der Waals surface area contributed by atoms with Crippen LogP contribution in [-0.4, -0.2) is 54.0 Å². The molecule has 4 heterocycles. The van der Waals surface area contributed by atoms with E-state index in [0.717, 1.165) is 101 Å². The van der Waals surface area contributed by atoms with Crippen molar-refractivity contribution in [3.8, 4) is 45.1 Å². The highest BCUT2D eigenvalue weighted by Crippen LogP contribution is 2.45. The van der Waals surface area contributed by atoms with Crippen molar-refractivity contribution in [1.82, 2.24) is 14.6 Å². The summed E-state index contributed by atoms with van der Waals surface area (Å²) in [4.78, 5) is 19.9. The molecule has 0 saturated heterocycles. The molecule has 0 saturated carbocycles. The number of para-hydroxylation sites is 1. The van der Waals surface area contributed by atoms with Crippen LogP contribution in [-0.2, 0) is 16.0 Å². The molecule has 0 fully saturated rings. The number of aryl methyl sites for hydroxylation is 1. The molecule has 9 heteroatoms. The van der Waals surface area contributed by atoms with Crippen LogP contribution in [0.4, 0.5) is 5.69 Å². The highest BCUT2D eigenvalue weighted by atomic mass is 35.5. The van der Waals surface area contributed by atoms with Crippen molar-refractivity contribution in [3.63, 3.8) is 0 Å². The Bertz CT molecular complexity index is 1900. The van der Waals surface area contributed by atoms with E-state index in [1.165, 1.54) is 7.11 Å². The van der Waals surface area contributed by atoms with Gasteiger partial charge in [-0.2, -0.15) is 5.10 Å². The van der Waals surface area contributed by atoms with Crippen LogP contribution in [0.2, 0.25) is 5.02 Å². The number of hydrogen-bond acceptors (Lipinski definition) is 7. The van der Waals surface area contributed by atoms with Crippen molar-refractivity contribution in [2.24, 2.45) is 0 Å². The maximum absolute atomic E-state index is 12.7. The third-order valence-electron chi connectivity index (χ3n) is 8.66. The lowest BCUT2D eigenvalue weighted by molar-refractivity contribution is -0.139. The highest BCUT2D eigenvalue weighted by Gasteiger charge is 2.27. The van der Waals surface area contributed by atoms with E-state index >= 15 is 0 Å². The number of hydrogen-bond donors (Lipinski definition) is 0. The number of carbonyl (C=O) groups excluding carboxylic acids is 1. The fourth-order valence-electron chi connectivity index (χ4n) is 6.36. The Morgan fingerprint density at radius 3 is 2.60 bits per heavy atom. The van der Waals surface area contributed by atoms with Gasteiger partial charge in [-0.3, -0.25) is 4.79 Å². The number of fused-ring (bicyclic) bond motifs is 8. The van der Waals surface area contributed by atoms with Crippen LogP contribution in [0.1, 0.15) is 36.9 Å². The molecule has 2 aliphatic rings. The number of carbonyl (C=O) groups is 1. The Balaban J connectivity index is 1.46. The molecular weight excluding hydrogens is 588 g/mol. The summed E-state index contributed by atoms with van der Waals surface area (Å²) in [6, 6.07) is 22.4. The topological polar surface area (TPSA) is 78.2 Å². The average molecular weight is 623 g/mol. The smallest absolute Gasteiger partial charge is 0.310 e. The number of nitrogens with zero attached hydrogens (tertiary/aromatic N) is 4. The predicted molar refractivity (Wildman–Crippen MR) is 176 cm³/mol. The molecule has 0 spiro atoms. The number of aromatic nitrogens is 3. The highest BCUT2D eigenvalue weighted by molar-refractivity contribution is 6.36. The second-order valence-corrected chi connectivity index (χ2v) is 11.9. The maximum Gasteiger partial charge on any atom is 0.310 e. The summed E-state index contributed by atoms with van der Waals surface area (Å²) in [7, 11) is 1.39. The lowest BCUT2D eigenvalue weighted by atomic mass is 10.00. The van der Waals surface area contributed by atoms with Gasteiger partial charge in [0.15, 0.2) is 5.65 Å². The van der Waals surface area contributed by atoms with Crippen LogP contribution >= 0.6 is 11.6 Å². The van der Waals surface area contributed by atoms with Gasteiger partial charge >= 0.3 is 5.97 Å². The van der Waals surface area contributed by atoms with Gasteiger partial charge in [0.1, 0.15) is 18.1 Å². The zero-order valence-electron chi connectivity index (χ0n) is 25.5. The lowest BCUT2D eigenvalue weighted by Crippen LogP contribution is -2.34. The molecule has 2 aliphatic heterocycles. The molecule has 6 bridgehead atoms. The third kappa shape index (κ3) is 5.59. The SMILES string of the molecule is COC(=O)Cc1c(C)nc2cc3nn2c1-c1ccc2c(c1Cl)N(CCCCCCOc1ccccc1-c1cccc-3c1)CCO2. The summed E-state index contributed by atoms with van der Waals surface area (Å²) < 4.78 is 19.3. The fraction of sp³-hybridized carbons (Fsp3) is 0.306. The van der Waals surface area contributed by atoms with Gasteiger partial charge < -0.3 is 19.1 Å². The zero-order valence-corrected chi connectivity index (χ0v) is 26.3. The van der Waals surface area contributed by atoms with Crippen LogP contribution in [0.15, 0.2) is 66.7 Å². The van der Waals surface area contributed by atoms with Gasteiger partial charge in [-0.15, -0.1) is 0 Å². The number of esters is 1. The van der Waals surface area contributed by atoms with Crippen molar-refractivity contribution in [3.05, 3.63) is 83.0 Å². The molecule has 0 radical (unpaired) electrons. The molecular formula is C36H35ClN4O4. The standard InChI is InChI=1S/C36H35ClN4O4/c1-23-28(21-33(42)43-2)35-27-14-15-31-36(34(27)37)40(17-19-45-31)16-7-3-4-8-18-44-30-13-6-5-12-26(30)24-10-9-11-25(20-24)29-22-32(38-23)41(35)39-29/h5-6,9-15,20,22H,3-4,7-8,16-19,21H2,1-2H3. The summed E-state index contributed by atoms with van der Waals surface area (Å²) in [5.74, 6) is 1.28. The van der Waals surface area contributed by atoms with Gasteiger partial charge in [-0.05, 0) is 49.6 Å². The molecule has 7 rings (SSSR count). The molecule has 45 heavy (non-hydrogen) atoms. The van der Waals surface area contributed by atoms with Crippen LogP contribution in [0, 0.1) is 6.92 Å². The molecule has 5 aromatic rings. The summed E-state index contributed by atoms with van der Waals surface area (Å²) in [6.45, 7) is 4.79. The number of ether oxygens (including phenoxy) is 3. The number of benzene rings is 3. The minimum absolute atomic E-state index is 0.0374. The Labute approximate surface area is 267 Å². The molecule has 230 valence electrons. The van der Waals surface area contributed by atoms with E-state index in [9.17, 15) is 4.79 Å². The second-order valence-electron chi connectivity index (χ2n) is 11.5. The van der Waals surface area contributed by atoms with Gasteiger partial charge in [0, 0.05) is 40.6 Å². The molecule has 0 amide bonds. The number of anilines is 1. The summed E-state index contributed by atoms with van der Waals surface area (Å²) in [6.07, 6.45) is 4.21. The van der Waals surface area contributed by atoms with Crippen molar-refractivity contribution in [1.29, 1.82) is 0 Å². The summed E-state index contributed by atoms with van der Waals surface area (Å²) in [5.41, 5.74) is 8.24. The van der Waals surface area contributed by atoms with Crippen molar-refractivity contribution >= 4 is 28.9 Å². The average Bonchev–Trinajstić information content (AvgIpc) is 3.48. The summed E-state index contributed by atoms with van der Waals surface area (Å²) >= 11 is 7.32. The Hall–Kier alpha value is -4.56. The Kier molecular flexibility index (Phi) is 8.06. The van der Waals surface area contributed by atoms with Crippen LogP contribution in [0.25, 0.3) is 39.3 Å². The number of methoxy groups -OCH3 is 1. The summed E-state index contributed by atoms with van der Waals surface area (Å²) in [5, 5.41) is 5.66. The van der Waals surface area contributed by atoms with Gasteiger partial charge in [0.25, 0.3) is 0 Å². The van der Waals surface area contributed by atoms with E-state index in [0.29, 0.717) is 23.9 Å². The molecule has 0 aliphatic carbocycles. The van der Waals surface area contributed by atoms with Crippen LogP contribution in [0.3, 0.4) is 0 Å². The zero-order chi connectivity index (χ0) is 30.9. The maximum atomic E-state index is 12.7. The first kappa shape index (κ1) is 29.2. The lowest BCUT2D eigenvalue weighted by Gasteiger charge is -2.33. The van der Waals surface area contributed by atoms with Gasteiger partial charge in [0.05, 0.1) is 48.8 Å². The Morgan fingerprint density at radius 1 is 0.889 bits per heavy atom. The van der Waals surface area contributed by atoms with E-state index < -0.39 is 0 Å². The fourth-order valence-corrected chi connectivity index (χ4v) is 6.72. The van der Waals surface area contributed by atoms with Crippen molar-refractivity contribution in [2.75, 3.05) is 38.3 Å². The van der Waals surface area contributed by atoms with E-state index in [1.54, 1.807) is 0 Å². The van der Waals surface area contributed by atoms with Crippen LogP contribution in [0.5, 0.6) is 11.5 Å². The van der Waals surface area contributed by atoms with E-state index in [4.69, 9.17) is 35.9 Å². The minimum atomic E-state index is -0.359. The third-order valence-corrected chi connectivity index (χ3v) is 9.04. The van der Waals surface area contributed by atoms with Gasteiger partial charge in [-0.1, -0.05) is 60.8 Å². The monoisotopic (exact) mass is 622 g/mol. The largest absolute Gasteiger partial charge is 0.493 e.